The third-order valence-electron chi connectivity index (χ3n) is 11.5. The monoisotopic (exact) mass is 582 g/mol. The molecule has 5 heterocycles. The van der Waals surface area contributed by atoms with Gasteiger partial charge in [-0.3, -0.25) is 9.69 Å². The maximum atomic E-state index is 13.3. The molecule has 1 aromatic rings. The predicted molar refractivity (Wildman–Crippen MR) is 150 cm³/mol. The Balaban J connectivity index is 1.31. The summed E-state index contributed by atoms with van der Waals surface area (Å²) in [5.74, 6) is -0.471. The van der Waals surface area contributed by atoms with E-state index in [4.69, 9.17) is 33.4 Å². The summed E-state index contributed by atoms with van der Waals surface area (Å²) in [6.45, 7) is 13.5. The summed E-state index contributed by atoms with van der Waals surface area (Å²) in [4.78, 5) is 34.3. The molecule has 0 amide bonds. The number of rotatable bonds is 5. The Bertz CT molecular complexity index is 1300. The van der Waals surface area contributed by atoms with Gasteiger partial charge in [-0.05, 0) is 50.7 Å². The maximum absolute atomic E-state index is 13.3. The van der Waals surface area contributed by atoms with Crippen molar-refractivity contribution in [2.75, 3.05) is 46.1 Å². The number of carbonyl (C=O) groups is 2. The summed E-state index contributed by atoms with van der Waals surface area (Å²) >= 11 is 0. The van der Waals surface area contributed by atoms with Crippen LogP contribution in [0.1, 0.15) is 65.0 Å². The number of cyclic esters (lactones) is 2. The molecule has 7 atom stereocenters. The Morgan fingerprint density at radius 2 is 1.90 bits per heavy atom. The van der Waals surface area contributed by atoms with Gasteiger partial charge in [0.2, 0.25) is 0 Å². The Morgan fingerprint density at radius 3 is 2.67 bits per heavy atom. The van der Waals surface area contributed by atoms with Crippen LogP contribution < -0.4 is 0 Å². The quantitative estimate of drug-likeness (QED) is 0.288. The highest BCUT2D eigenvalue weighted by atomic mass is 16.6. The normalized spacial score (nSPS) is 42.0. The van der Waals surface area contributed by atoms with Gasteiger partial charge in [0.1, 0.15) is 19.3 Å². The van der Waals surface area contributed by atoms with Crippen molar-refractivity contribution in [2.45, 2.75) is 71.2 Å². The molecule has 10 heteroatoms. The predicted octanol–water partition coefficient (Wildman–Crippen LogP) is 4.06. The second kappa shape index (κ2) is 9.92. The van der Waals surface area contributed by atoms with Crippen LogP contribution in [0.2, 0.25) is 0 Å². The summed E-state index contributed by atoms with van der Waals surface area (Å²) in [6, 6.07) is 1.88. The molecule has 10 nitrogen and oxygen atoms in total. The van der Waals surface area contributed by atoms with Gasteiger partial charge in [-0.25, -0.2) is 4.79 Å². The zero-order valence-electron chi connectivity index (χ0n) is 25.1. The van der Waals surface area contributed by atoms with E-state index >= 15 is 0 Å². The van der Waals surface area contributed by atoms with E-state index < -0.39 is 27.9 Å². The van der Waals surface area contributed by atoms with E-state index in [-0.39, 0.29) is 36.3 Å². The molecule has 228 valence electrons. The molecule has 1 aromatic heterocycles. The van der Waals surface area contributed by atoms with Crippen LogP contribution in [0.25, 0.3) is 0 Å². The van der Waals surface area contributed by atoms with Crippen LogP contribution in [-0.4, -0.2) is 80.3 Å². The molecular weight excluding hydrogens is 540 g/mol. The smallest absolute Gasteiger partial charge is 0.331 e. The fraction of sp³-hybridized carbons (Fsp3) is 0.719. The van der Waals surface area contributed by atoms with Gasteiger partial charge >= 0.3 is 11.9 Å². The third kappa shape index (κ3) is 4.04. The van der Waals surface area contributed by atoms with Crippen molar-refractivity contribution in [3.63, 3.8) is 0 Å². The van der Waals surface area contributed by atoms with Crippen LogP contribution in [0, 0.1) is 28.1 Å². The first-order chi connectivity index (χ1) is 20.1. The van der Waals surface area contributed by atoms with Gasteiger partial charge in [0, 0.05) is 53.4 Å². The van der Waals surface area contributed by atoms with Crippen molar-refractivity contribution in [3.05, 3.63) is 35.8 Å². The van der Waals surface area contributed by atoms with Gasteiger partial charge in [0.25, 0.3) is 0 Å². The average molecular weight is 583 g/mol. The van der Waals surface area contributed by atoms with Crippen molar-refractivity contribution in [1.29, 1.82) is 0 Å². The number of fused-ring (bicyclic) bond motifs is 3. The molecule has 0 unspecified atom stereocenters. The lowest BCUT2D eigenvalue weighted by molar-refractivity contribution is -0.181. The summed E-state index contributed by atoms with van der Waals surface area (Å²) in [5.41, 5.74) is 0.810. The largest absolute Gasteiger partial charge is 0.472 e. The SMILES string of the molecule is CC1(C)O[C@H]2CC(=O)OC[C@@]23[C@H]1CC(=NOCCN1CCOCC1)[C@@]1(C)C2=CC(=O)O[C@@H](c4ccoc4)[C@]2(C)CC[C@@H]13. The van der Waals surface area contributed by atoms with Crippen LogP contribution in [0.5, 0.6) is 0 Å². The minimum Gasteiger partial charge on any atom is -0.472 e. The molecule has 2 aliphatic carbocycles. The number of oxime groups is 1. The fourth-order valence-corrected chi connectivity index (χ4v) is 9.59. The Morgan fingerprint density at radius 1 is 1.10 bits per heavy atom. The molecule has 7 rings (SSSR count). The lowest BCUT2D eigenvalue weighted by Crippen LogP contribution is -2.66. The summed E-state index contributed by atoms with van der Waals surface area (Å²) < 4.78 is 29.5. The molecule has 6 aliphatic rings. The van der Waals surface area contributed by atoms with Crippen LogP contribution in [0.4, 0.5) is 0 Å². The molecule has 4 aliphatic heterocycles. The van der Waals surface area contributed by atoms with Crippen molar-refractivity contribution in [2.24, 2.45) is 33.2 Å². The minimum absolute atomic E-state index is 0.0282. The lowest BCUT2D eigenvalue weighted by atomic mass is 9.39. The zero-order chi connectivity index (χ0) is 29.3. The van der Waals surface area contributed by atoms with Crippen LogP contribution >= 0.6 is 0 Å². The number of nitrogens with zero attached hydrogens (tertiary/aromatic N) is 2. The Kier molecular flexibility index (Phi) is 6.64. The number of esters is 2. The molecule has 2 saturated carbocycles. The third-order valence-corrected chi connectivity index (χ3v) is 11.5. The Hall–Kier alpha value is -2.69. The highest BCUT2D eigenvalue weighted by molar-refractivity contribution is 5.97. The average Bonchev–Trinajstić information content (AvgIpc) is 3.56. The number of furan rings is 1. The van der Waals surface area contributed by atoms with E-state index in [1.165, 1.54) is 0 Å². The molecular formula is C32H42N2O8. The fourth-order valence-electron chi connectivity index (χ4n) is 9.59. The van der Waals surface area contributed by atoms with Gasteiger partial charge in [-0.15, -0.1) is 0 Å². The number of ether oxygens (including phenoxy) is 4. The molecule has 0 bridgehead atoms. The van der Waals surface area contributed by atoms with Gasteiger partial charge in [0.15, 0.2) is 0 Å². The molecule has 0 N–H and O–H groups in total. The number of hydrogen-bond donors (Lipinski definition) is 0. The van der Waals surface area contributed by atoms with Crippen molar-refractivity contribution in [3.8, 4) is 0 Å². The number of carbonyl (C=O) groups excluding carboxylic acids is 2. The second-order valence-corrected chi connectivity index (χ2v) is 13.9. The first-order valence-electron chi connectivity index (χ1n) is 15.4. The van der Waals surface area contributed by atoms with E-state index in [1.54, 1.807) is 18.6 Å². The highest BCUT2D eigenvalue weighted by Crippen LogP contribution is 2.72. The van der Waals surface area contributed by atoms with Crippen molar-refractivity contribution >= 4 is 17.7 Å². The van der Waals surface area contributed by atoms with E-state index in [1.807, 2.05) is 6.07 Å². The second-order valence-electron chi connectivity index (χ2n) is 13.9. The lowest BCUT2D eigenvalue weighted by Gasteiger charge is -2.64. The van der Waals surface area contributed by atoms with E-state index in [0.717, 1.165) is 62.5 Å². The van der Waals surface area contributed by atoms with Crippen molar-refractivity contribution < 1.29 is 37.8 Å². The van der Waals surface area contributed by atoms with Crippen molar-refractivity contribution in [1.82, 2.24) is 4.90 Å². The van der Waals surface area contributed by atoms with E-state index in [2.05, 4.69) is 32.6 Å². The molecule has 42 heavy (non-hydrogen) atoms. The van der Waals surface area contributed by atoms with Crippen LogP contribution in [0.15, 0.2) is 39.8 Å². The minimum atomic E-state index is -0.629. The summed E-state index contributed by atoms with van der Waals surface area (Å²) in [5, 5.41) is 4.92. The van der Waals surface area contributed by atoms with Crippen LogP contribution in [-0.2, 0) is 33.4 Å². The summed E-state index contributed by atoms with van der Waals surface area (Å²) in [7, 11) is 0. The zero-order valence-corrected chi connectivity index (χ0v) is 25.1. The van der Waals surface area contributed by atoms with Gasteiger partial charge in [-0.2, -0.15) is 0 Å². The number of morpholine rings is 1. The van der Waals surface area contributed by atoms with Gasteiger partial charge < -0.3 is 28.2 Å². The molecule has 0 aromatic carbocycles. The number of hydrogen-bond acceptors (Lipinski definition) is 10. The van der Waals surface area contributed by atoms with E-state index in [9.17, 15) is 9.59 Å². The first-order valence-corrected chi connectivity index (χ1v) is 15.4. The maximum Gasteiger partial charge on any atom is 0.331 e. The first kappa shape index (κ1) is 28.1. The van der Waals surface area contributed by atoms with Gasteiger partial charge in [-0.1, -0.05) is 19.0 Å². The molecule has 1 spiro atoms. The highest BCUT2D eigenvalue weighted by Gasteiger charge is 2.74. The van der Waals surface area contributed by atoms with Crippen LogP contribution in [0.3, 0.4) is 0 Å². The summed E-state index contributed by atoms with van der Waals surface area (Å²) in [6.07, 6.45) is 6.77. The van der Waals surface area contributed by atoms with Gasteiger partial charge in [0.05, 0.1) is 49.6 Å². The topological polar surface area (TPSA) is 109 Å². The molecule has 0 radical (unpaired) electrons. The molecule has 5 fully saturated rings. The standard InChI is InChI=1S/C32H42N2O8/c1-29(2)22-15-24(33-40-14-10-34-8-12-37-13-9-34)31(4)21(32(22)19-39-26(35)17-25(32)42-29)5-7-30(3)23(31)16-27(36)41-28(30)20-6-11-38-18-20/h6,11,16,18,21-22,25,28H,5,7-10,12-15,17,19H2,1-4H3/t21-,22-,25-,28-,30+,31+,32+/m0/s1. The Labute approximate surface area is 246 Å². The van der Waals surface area contributed by atoms with E-state index in [0.29, 0.717) is 19.6 Å². The molecule has 3 saturated heterocycles.